The monoisotopic (exact) mass is 809 g/mol. The van der Waals surface area contributed by atoms with Gasteiger partial charge in [0.25, 0.3) is 0 Å². The first-order valence-corrected chi connectivity index (χ1v) is 24.0. The average Bonchev–Trinajstić information content (AvgIpc) is 3.22. The van der Waals surface area contributed by atoms with Crippen molar-refractivity contribution in [3.05, 3.63) is 72.9 Å². The number of hydrogen-bond donors (Lipinski definition) is 0. The molecule has 6 nitrogen and oxygen atoms in total. The summed E-state index contributed by atoms with van der Waals surface area (Å²) in [5.74, 6) is -0.979. The Kier molecular flexibility index (Phi) is 44.0. The van der Waals surface area contributed by atoms with Crippen LogP contribution in [0, 0.1) is 0 Å². The summed E-state index contributed by atoms with van der Waals surface area (Å²) in [6.45, 7) is 6.45. The van der Waals surface area contributed by atoms with Gasteiger partial charge in [-0.3, -0.25) is 14.4 Å². The molecule has 0 aliphatic carbocycles. The highest BCUT2D eigenvalue weighted by Crippen LogP contribution is 2.12. The van der Waals surface area contributed by atoms with Gasteiger partial charge in [0.05, 0.1) is 0 Å². The number of ether oxygens (including phenoxy) is 3. The Morgan fingerprint density at radius 3 is 0.983 bits per heavy atom. The third-order valence-corrected chi connectivity index (χ3v) is 9.99. The maximum Gasteiger partial charge on any atom is 0.306 e. The maximum atomic E-state index is 12.7. The molecule has 0 aliphatic rings. The Labute approximate surface area is 357 Å². The van der Waals surface area contributed by atoms with Crippen LogP contribution in [0.5, 0.6) is 0 Å². The molecule has 0 fully saturated rings. The molecule has 0 radical (unpaired) electrons. The molecule has 0 amide bonds. The largest absolute Gasteiger partial charge is 0.462 e. The van der Waals surface area contributed by atoms with Gasteiger partial charge in [-0.1, -0.05) is 190 Å². The van der Waals surface area contributed by atoms with E-state index in [1.165, 1.54) is 77.0 Å². The highest BCUT2D eigenvalue weighted by Gasteiger charge is 2.19. The van der Waals surface area contributed by atoms with Crippen molar-refractivity contribution in [2.24, 2.45) is 0 Å². The molecule has 1 atom stereocenters. The molecular formula is C52H88O6. The van der Waals surface area contributed by atoms with Gasteiger partial charge < -0.3 is 14.2 Å². The van der Waals surface area contributed by atoms with Gasteiger partial charge in [0.2, 0.25) is 0 Å². The van der Waals surface area contributed by atoms with E-state index in [0.29, 0.717) is 12.8 Å². The van der Waals surface area contributed by atoms with Gasteiger partial charge in [0.1, 0.15) is 13.2 Å². The topological polar surface area (TPSA) is 78.9 Å². The fraction of sp³-hybridized carbons (Fsp3) is 0.712. The van der Waals surface area contributed by atoms with Gasteiger partial charge in [0.15, 0.2) is 6.10 Å². The van der Waals surface area contributed by atoms with Crippen molar-refractivity contribution >= 4 is 17.9 Å². The number of allylic oxidation sites excluding steroid dienone is 12. The zero-order valence-corrected chi connectivity index (χ0v) is 37.8. The molecule has 6 heteroatoms. The Morgan fingerprint density at radius 2 is 0.621 bits per heavy atom. The van der Waals surface area contributed by atoms with Crippen molar-refractivity contribution in [3.63, 3.8) is 0 Å². The van der Waals surface area contributed by atoms with E-state index >= 15 is 0 Å². The first kappa shape index (κ1) is 54.9. The number of unbranched alkanes of at least 4 members (excludes halogenated alkanes) is 22. The second kappa shape index (κ2) is 46.5. The van der Waals surface area contributed by atoms with E-state index in [1.54, 1.807) is 0 Å². The summed E-state index contributed by atoms with van der Waals surface area (Å²) >= 11 is 0. The second-order valence-electron chi connectivity index (χ2n) is 15.7. The lowest BCUT2D eigenvalue weighted by atomic mass is 10.1. The van der Waals surface area contributed by atoms with Gasteiger partial charge >= 0.3 is 17.9 Å². The standard InChI is InChI=1S/C52H88O6/c1-4-7-10-13-16-19-22-23-24-25-26-27-28-31-33-36-39-42-45-51(54)57-48-49(58-52(55)46-43-40-37-34-30-21-18-15-12-9-6-3)47-56-50(53)44-41-38-35-32-29-20-17-14-11-8-5-2/h14-15,17-18,20-21,24-27,29-30,49H,4-13,16,19,22-23,28,31-48H2,1-3H3/b17-14-,18-15-,25-24-,27-26-,29-20-,30-21-. The zero-order chi connectivity index (χ0) is 42.3. The van der Waals surface area contributed by atoms with Gasteiger partial charge in [0, 0.05) is 19.3 Å². The van der Waals surface area contributed by atoms with Crippen LogP contribution in [0.2, 0.25) is 0 Å². The number of hydrogen-bond acceptors (Lipinski definition) is 6. The molecule has 58 heavy (non-hydrogen) atoms. The summed E-state index contributed by atoms with van der Waals surface area (Å²) in [4.78, 5) is 37.7. The van der Waals surface area contributed by atoms with E-state index < -0.39 is 6.10 Å². The molecule has 0 saturated carbocycles. The van der Waals surface area contributed by atoms with Crippen LogP contribution in [0.25, 0.3) is 0 Å². The molecule has 0 aliphatic heterocycles. The van der Waals surface area contributed by atoms with Crippen molar-refractivity contribution in [3.8, 4) is 0 Å². The Balaban J connectivity index is 4.42. The van der Waals surface area contributed by atoms with Crippen LogP contribution in [0.1, 0.15) is 220 Å². The van der Waals surface area contributed by atoms with E-state index in [0.717, 1.165) is 103 Å². The number of carbonyl (C=O) groups excluding carboxylic acids is 3. The Hall–Kier alpha value is -3.15. The van der Waals surface area contributed by atoms with Crippen molar-refractivity contribution in [1.29, 1.82) is 0 Å². The molecule has 332 valence electrons. The summed E-state index contributed by atoms with van der Waals surface area (Å²) in [7, 11) is 0. The first-order chi connectivity index (χ1) is 28.5. The average molecular weight is 809 g/mol. The van der Waals surface area contributed by atoms with E-state index in [1.807, 2.05) is 0 Å². The highest BCUT2D eigenvalue weighted by molar-refractivity contribution is 5.71. The fourth-order valence-corrected chi connectivity index (χ4v) is 6.27. The lowest BCUT2D eigenvalue weighted by Gasteiger charge is -2.18. The minimum absolute atomic E-state index is 0.104. The fourth-order valence-electron chi connectivity index (χ4n) is 6.27. The van der Waals surface area contributed by atoms with Crippen molar-refractivity contribution in [2.45, 2.75) is 226 Å². The highest BCUT2D eigenvalue weighted by atomic mass is 16.6. The zero-order valence-electron chi connectivity index (χ0n) is 37.8. The first-order valence-electron chi connectivity index (χ1n) is 24.0. The predicted octanol–water partition coefficient (Wildman–Crippen LogP) is 15.5. The summed E-state index contributed by atoms with van der Waals surface area (Å²) in [6.07, 6.45) is 57.5. The molecule has 0 N–H and O–H groups in total. The van der Waals surface area contributed by atoms with Crippen LogP contribution in [0.3, 0.4) is 0 Å². The van der Waals surface area contributed by atoms with E-state index in [9.17, 15) is 14.4 Å². The Morgan fingerprint density at radius 1 is 0.345 bits per heavy atom. The molecular weight excluding hydrogens is 721 g/mol. The number of carbonyl (C=O) groups is 3. The summed E-state index contributed by atoms with van der Waals surface area (Å²) in [5, 5.41) is 0. The lowest BCUT2D eigenvalue weighted by Crippen LogP contribution is -2.30. The minimum atomic E-state index is -0.804. The van der Waals surface area contributed by atoms with Crippen LogP contribution in [0.15, 0.2) is 72.9 Å². The van der Waals surface area contributed by atoms with Crippen molar-refractivity contribution in [1.82, 2.24) is 0 Å². The summed E-state index contributed by atoms with van der Waals surface area (Å²) in [5.41, 5.74) is 0. The quantitative estimate of drug-likeness (QED) is 0.0264. The van der Waals surface area contributed by atoms with Crippen LogP contribution < -0.4 is 0 Å². The van der Waals surface area contributed by atoms with Crippen LogP contribution >= 0.6 is 0 Å². The number of rotatable bonds is 42. The van der Waals surface area contributed by atoms with Crippen LogP contribution in [-0.4, -0.2) is 37.2 Å². The molecule has 0 aromatic rings. The predicted molar refractivity (Wildman–Crippen MR) is 247 cm³/mol. The molecule has 0 heterocycles. The van der Waals surface area contributed by atoms with Crippen molar-refractivity contribution < 1.29 is 28.6 Å². The third kappa shape index (κ3) is 44.0. The molecule has 0 aromatic heterocycles. The van der Waals surface area contributed by atoms with Crippen molar-refractivity contribution in [2.75, 3.05) is 13.2 Å². The summed E-state index contributed by atoms with van der Waals surface area (Å²) in [6, 6.07) is 0. The molecule has 0 saturated heterocycles. The van der Waals surface area contributed by atoms with Crippen LogP contribution in [-0.2, 0) is 28.6 Å². The third-order valence-electron chi connectivity index (χ3n) is 9.99. The SMILES string of the molecule is CCCC/C=C\C=C/CCCCCC(=O)OCC(COC(=O)CCCCCCC/C=C\C=C/CCCCCCCCC)OC(=O)CCCCC/C=C\C=C/CCCC. The molecule has 0 spiro atoms. The van der Waals surface area contributed by atoms with E-state index in [2.05, 4.69) is 93.7 Å². The molecule has 1 unspecified atom stereocenters. The smallest absolute Gasteiger partial charge is 0.306 e. The van der Waals surface area contributed by atoms with Gasteiger partial charge in [-0.25, -0.2) is 0 Å². The van der Waals surface area contributed by atoms with E-state index in [4.69, 9.17) is 14.2 Å². The Bertz CT molecular complexity index is 1110. The number of esters is 3. The molecule has 0 rings (SSSR count). The van der Waals surface area contributed by atoms with E-state index in [-0.39, 0.29) is 37.5 Å². The molecule has 0 aromatic carbocycles. The second-order valence-corrected chi connectivity index (χ2v) is 15.7. The lowest BCUT2D eigenvalue weighted by molar-refractivity contribution is -0.167. The van der Waals surface area contributed by atoms with Crippen LogP contribution in [0.4, 0.5) is 0 Å². The van der Waals surface area contributed by atoms with Gasteiger partial charge in [-0.15, -0.1) is 0 Å². The minimum Gasteiger partial charge on any atom is -0.462 e. The maximum absolute atomic E-state index is 12.7. The normalized spacial score (nSPS) is 12.7. The molecule has 0 bridgehead atoms. The van der Waals surface area contributed by atoms with Gasteiger partial charge in [-0.2, -0.15) is 0 Å². The summed E-state index contributed by atoms with van der Waals surface area (Å²) < 4.78 is 16.7. The van der Waals surface area contributed by atoms with Gasteiger partial charge in [-0.05, 0) is 83.5 Å².